The number of hydrogen-bond acceptors (Lipinski definition) is 5. The fourth-order valence-corrected chi connectivity index (χ4v) is 5.19. The van der Waals surface area contributed by atoms with Gasteiger partial charge in [-0.05, 0) is 43.3 Å². The first-order chi connectivity index (χ1) is 13.5. The van der Waals surface area contributed by atoms with Crippen molar-refractivity contribution in [3.63, 3.8) is 0 Å². The third-order valence-corrected chi connectivity index (χ3v) is 7.09. The number of fused-ring (bicyclic) bond motifs is 1. The lowest BCUT2D eigenvalue weighted by Gasteiger charge is -2.35. The molecule has 1 saturated heterocycles. The minimum absolute atomic E-state index is 0.0350. The maximum absolute atomic E-state index is 13.2. The molecule has 0 atom stereocenters. The Bertz CT molecular complexity index is 1110. The van der Waals surface area contributed by atoms with E-state index in [1.807, 2.05) is 30.3 Å². The second-order valence-electron chi connectivity index (χ2n) is 6.85. The van der Waals surface area contributed by atoms with Crippen LogP contribution in [-0.4, -0.2) is 49.7 Å². The number of sulfonamides is 1. The SMILES string of the molecule is CC(=O)c1ccc(N2CCN(S(=O)(=O)c3cccc4cnccc34)CC2)cc1. The van der Waals surface area contributed by atoms with Crippen molar-refractivity contribution in [3.05, 3.63) is 66.5 Å². The molecular weight excluding hydrogens is 374 g/mol. The molecule has 0 spiro atoms. The Morgan fingerprint density at radius 3 is 2.36 bits per heavy atom. The van der Waals surface area contributed by atoms with Gasteiger partial charge in [0.25, 0.3) is 0 Å². The van der Waals surface area contributed by atoms with Crippen LogP contribution in [0.3, 0.4) is 0 Å². The van der Waals surface area contributed by atoms with E-state index in [2.05, 4.69) is 9.88 Å². The Balaban J connectivity index is 1.53. The van der Waals surface area contributed by atoms with E-state index in [0.29, 0.717) is 42.0 Å². The predicted molar refractivity (Wildman–Crippen MR) is 109 cm³/mol. The molecule has 0 saturated carbocycles. The number of nitrogens with zero attached hydrogens (tertiary/aromatic N) is 3. The summed E-state index contributed by atoms with van der Waals surface area (Å²) in [6.45, 7) is 3.58. The van der Waals surface area contributed by atoms with Crippen molar-refractivity contribution >= 4 is 32.3 Å². The molecule has 4 rings (SSSR count). The topological polar surface area (TPSA) is 70.6 Å². The summed E-state index contributed by atoms with van der Waals surface area (Å²) in [5.74, 6) is 0.0350. The first-order valence-corrected chi connectivity index (χ1v) is 10.6. The van der Waals surface area contributed by atoms with Crippen molar-refractivity contribution in [1.29, 1.82) is 0 Å². The van der Waals surface area contributed by atoms with Gasteiger partial charge in [0, 0.05) is 60.6 Å². The molecule has 1 aliphatic rings. The molecule has 1 fully saturated rings. The van der Waals surface area contributed by atoms with Crippen molar-refractivity contribution in [2.45, 2.75) is 11.8 Å². The zero-order chi connectivity index (χ0) is 19.7. The van der Waals surface area contributed by atoms with Gasteiger partial charge in [-0.25, -0.2) is 8.42 Å². The minimum atomic E-state index is -3.58. The van der Waals surface area contributed by atoms with E-state index in [9.17, 15) is 13.2 Å². The van der Waals surface area contributed by atoms with Crippen LogP contribution in [0.25, 0.3) is 10.8 Å². The molecule has 3 aromatic rings. The van der Waals surface area contributed by atoms with Crippen molar-refractivity contribution < 1.29 is 13.2 Å². The van der Waals surface area contributed by atoms with Gasteiger partial charge in [-0.2, -0.15) is 4.31 Å². The lowest BCUT2D eigenvalue weighted by Crippen LogP contribution is -2.48. The molecule has 6 nitrogen and oxygen atoms in total. The highest BCUT2D eigenvalue weighted by Gasteiger charge is 2.29. The molecule has 7 heteroatoms. The molecule has 0 aliphatic carbocycles. The van der Waals surface area contributed by atoms with E-state index in [1.165, 1.54) is 0 Å². The number of hydrogen-bond donors (Lipinski definition) is 0. The standard InChI is InChI=1S/C21H21N3O3S/c1-16(25)17-5-7-19(8-6-17)23-11-13-24(14-12-23)28(26,27)21-4-2-3-18-15-22-10-9-20(18)21/h2-10,15H,11-14H2,1H3. The lowest BCUT2D eigenvalue weighted by molar-refractivity contribution is 0.101. The number of carbonyl (C=O) groups is 1. The normalized spacial score (nSPS) is 15.7. The number of ketones is 1. The monoisotopic (exact) mass is 395 g/mol. The second kappa shape index (κ2) is 7.33. The molecule has 2 aromatic carbocycles. The van der Waals surface area contributed by atoms with Gasteiger partial charge in [0.15, 0.2) is 5.78 Å². The van der Waals surface area contributed by atoms with Gasteiger partial charge in [-0.1, -0.05) is 12.1 Å². The van der Waals surface area contributed by atoms with Crippen molar-refractivity contribution in [2.24, 2.45) is 0 Å². The highest BCUT2D eigenvalue weighted by Crippen LogP contribution is 2.27. The molecule has 2 heterocycles. The van der Waals surface area contributed by atoms with Gasteiger partial charge >= 0.3 is 0 Å². The maximum atomic E-state index is 13.2. The smallest absolute Gasteiger partial charge is 0.243 e. The van der Waals surface area contributed by atoms with Crippen LogP contribution in [0, 0.1) is 0 Å². The molecule has 0 N–H and O–H groups in total. The number of rotatable bonds is 4. The van der Waals surface area contributed by atoms with Gasteiger partial charge in [0.05, 0.1) is 4.90 Å². The van der Waals surface area contributed by atoms with Gasteiger partial charge in [-0.3, -0.25) is 9.78 Å². The number of aromatic nitrogens is 1. The number of benzene rings is 2. The third kappa shape index (κ3) is 3.39. The van der Waals surface area contributed by atoms with Gasteiger partial charge < -0.3 is 4.90 Å². The summed E-state index contributed by atoms with van der Waals surface area (Å²) in [5.41, 5.74) is 1.67. The summed E-state index contributed by atoms with van der Waals surface area (Å²) < 4.78 is 28.0. The highest BCUT2D eigenvalue weighted by molar-refractivity contribution is 7.89. The fraction of sp³-hybridized carbons (Fsp3) is 0.238. The summed E-state index contributed by atoms with van der Waals surface area (Å²) in [6, 6.07) is 14.5. The highest BCUT2D eigenvalue weighted by atomic mass is 32.2. The van der Waals surface area contributed by atoms with Crippen LogP contribution < -0.4 is 4.90 Å². The molecule has 0 unspecified atom stereocenters. The largest absolute Gasteiger partial charge is 0.369 e. The van der Waals surface area contributed by atoms with E-state index in [1.54, 1.807) is 41.8 Å². The van der Waals surface area contributed by atoms with E-state index < -0.39 is 10.0 Å². The van der Waals surface area contributed by atoms with Crippen LogP contribution in [0.4, 0.5) is 5.69 Å². The second-order valence-corrected chi connectivity index (χ2v) is 8.75. The Labute approximate surface area is 164 Å². The average molecular weight is 395 g/mol. The molecule has 1 aromatic heterocycles. The van der Waals surface area contributed by atoms with Crippen LogP contribution in [-0.2, 0) is 10.0 Å². The first-order valence-electron chi connectivity index (χ1n) is 9.16. The number of carbonyl (C=O) groups excluding carboxylic acids is 1. The molecular formula is C21H21N3O3S. The van der Waals surface area contributed by atoms with Crippen LogP contribution in [0.1, 0.15) is 17.3 Å². The lowest BCUT2D eigenvalue weighted by atomic mass is 10.1. The summed E-state index contributed by atoms with van der Waals surface area (Å²) >= 11 is 0. The Morgan fingerprint density at radius 1 is 0.964 bits per heavy atom. The summed E-state index contributed by atoms with van der Waals surface area (Å²) in [7, 11) is -3.58. The summed E-state index contributed by atoms with van der Waals surface area (Å²) in [5, 5.41) is 1.51. The first kappa shape index (κ1) is 18.6. The van der Waals surface area contributed by atoms with Gasteiger partial charge in [0.1, 0.15) is 0 Å². The van der Waals surface area contributed by atoms with Gasteiger partial charge in [0.2, 0.25) is 10.0 Å². The predicted octanol–water partition coefficient (Wildman–Crippen LogP) is 2.95. The zero-order valence-corrected chi connectivity index (χ0v) is 16.4. The molecule has 28 heavy (non-hydrogen) atoms. The maximum Gasteiger partial charge on any atom is 0.243 e. The van der Waals surface area contributed by atoms with E-state index in [0.717, 1.165) is 11.1 Å². The molecule has 144 valence electrons. The molecule has 0 radical (unpaired) electrons. The Hall–Kier alpha value is -2.77. The van der Waals surface area contributed by atoms with E-state index in [4.69, 9.17) is 0 Å². The minimum Gasteiger partial charge on any atom is -0.369 e. The summed E-state index contributed by atoms with van der Waals surface area (Å²) in [6.07, 6.45) is 3.29. The third-order valence-electron chi connectivity index (χ3n) is 5.14. The Kier molecular flexibility index (Phi) is 4.87. The van der Waals surface area contributed by atoms with Crippen LogP contribution >= 0.6 is 0 Å². The van der Waals surface area contributed by atoms with Crippen molar-refractivity contribution in [2.75, 3.05) is 31.1 Å². The molecule has 0 amide bonds. The van der Waals surface area contributed by atoms with Crippen molar-refractivity contribution in [3.8, 4) is 0 Å². The van der Waals surface area contributed by atoms with Crippen LogP contribution in [0.5, 0.6) is 0 Å². The number of anilines is 1. The quantitative estimate of drug-likeness (QED) is 0.635. The molecule has 0 bridgehead atoms. The van der Waals surface area contributed by atoms with E-state index >= 15 is 0 Å². The average Bonchev–Trinajstić information content (AvgIpc) is 2.73. The number of pyridine rings is 1. The number of Topliss-reactive ketones (excluding diaryl/α,β-unsaturated/α-hetero) is 1. The van der Waals surface area contributed by atoms with Gasteiger partial charge in [-0.15, -0.1) is 0 Å². The number of piperazine rings is 1. The zero-order valence-electron chi connectivity index (χ0n) is 15.6. The fourth-order valence-electron chi connectivity index (χ4n) is 3.55. The molecule has 1 aliphatic heterocycles. The van der Waals surface area contributed by atoms with Crippen molar-refractivity contribution in [1.82, 2.24) is 9.29 Å². The van der Waals surface area contributed by atoms with E-state index in [-0.39, 0.29) is 5.78 Å². The summed E-state index contributed by atoms with van der Waals surface area (Å²) in [4.78, 5) is 18.0. The van der Waals surface area contributed by atoms with Crippen LogP contribution in [0.2, 0.25) is 0 Å². The van der Waals surface area contributed by atoms with Crippen LogP contribution in [0.15, 0.2) is 65.8 Å². The Morgan fingerprint density at radius 2 is 1.68 bits per heavy atom.